The van der Waals surface area contributed by atoms with Gasteiger partial charge in [0.05, 0.1) is 17.2 Å². The Morgan fingerprint density at radius 3 is 2.68 bits per heavy atom. The summed E-state index contributed by atoms with van der Waals surface area (Å²) in [5.74, 6) is -0.157. The van der Waals surface area contributed by atoms with E-state index in [-0.39, 0.29) is 41.7 Å². The van der Waals surface area contributed by atoms with E-state index in [4.69, 9.17) is 5.73 Å². The lowest BCUT2D eigenvalue weighted by atomic mass is 10.4. The van der Waals surface area contributed by atoms with Gasteiger partial charge in [-0.15, -0.1) is 0 Å². The molecule has 106 valence electrons. The zero-order valence-corrected chi connectivity index (χ0v) is 11.8. The highest BCUT2D eigenvalue weighted by atomic mass is 32.2. The Hall–Kier alpha value is -1.19. The van der Waals surface area contributed by atoms with E-state index in [0.29, 0.717) is 0 Å². The summed E-state index contributed by atoms with van der Waals surface area (Å²) in [6.45, 7) is 0.109. The lowest BCUT2D eigenvalue weighted by Crippen LogP contribution is -2.34. The maximum Gasteiger partial charge on any atom is 0.262 e. The van der Waals surface area contributed by atoms with Crippen LogP contribution in [0.5, 0.6) is 0 Å². The van der Waals surface area contributed by atoms with Crippen molar-refractivity contribution in [2.75, 3.05) is 30.3 Å². The molecule has 1 aromatic rings. The van der Waals surface area contributed by atoms with Crippen LogP contribution in [-0.4, -0.2) is 50.7 Å². The molecule has 0 aromatic carbocycles. The van der Waals surface area contributed by atoms with E-state index in [1.165, 1.54) is 12.3 Å². The third-order valence-electron chi connectivity index (χ3n) is 2.90. The van der Waals surface area contributed by atoms with Crippen LogP contribution < -0.4 is 5.73 Å². The molecule has 1 aliphatic rings. The van der Waals surface area contributed by atoms with Crippen molar-refractivity contribution in [2.45, 2.75) is 11.4 Å². The van der Waals surface area contributed by atoms with Gasteiger partial charge in [0.1, 0.15) is 0 Å². The van der Waals surface area contributed by atoms with Crippen molar-refractivity contribution in [1.29, 1.82) is 0 Å². The van der Waals surface area contributed by atoms with Crippen molar-refractivity contribution >= 4 is 25.5 Å². The predicted molar refractivity (Wildman–Crippen MR) is 70.7 cm³/mol. The summed E-state index contributed by atoms with van der Waals surface area (Å²) in [5.41, 5.74) is 5.68. The molecule has 0 bridgehead atoms. The molecule has 0 radical (unpaired) electrons. The van der Waals surface area contributed by atoms with Gasteiger partial charge in [0.2, 0.25) is 0 Å². The van der Waals surface area contributed by atoms with Gasteiger partial charge in [-0.3, -0.25) is 0 Å². The Kier molecular flexibility index (Phi) is 3.79. The van der Waals surface area contributed by atoms with Crippen molar-refractivity contribution in [3.63, 3.8) is 0 Å². The monoisotopic (exact) mass is 305 g/mol. The Bertz CT molecular complexity index is 670. The zero-order chi connectivity index (χ0) is 14.1. The van der Waals surface area contributed by atoms with Crippen molar-refractivity contribution in [1.82, 2.24) is 9.29 Å². The molecular formula is C10H15N3O4S2. The molecule has 0 spiro atoms. The number of anilines is 1. The van der Waals surface area contributed by atoms with E-state index in [0.717, 1.165) is 4.31 Å². The molecule has 7 nitrogen and oxygen atoms in total. The Morgan fingerprint density at radius 2 is 2.00 bits per heavy atom. The fraction of sp³-hybridized carbons (Fsp3) is 0.500. The van der Waals surface area contributed by atoms with Crippen molar-refractivity contribution < 1.29 is 16.8 Å². The topological polar surface area (TPSA) is 110 Å². The molecule has 1 fully saturated rings. The minimum atomic E-state index is -3.83. The normalized spacial score (nSPS) is 20.8. The molecule has 0 saturated carbocycles. The van der Waals surface area contributed by atoms with Crippen LogP contribution in [0, 0.1) is 0 Å². The number of pyridine rings is 1. The fourth-order valence-corrected chi connectivity index (χ4v) is 4.79. The van der Waals surface area contributed by atoms with E-state index < -0.39 is 19.9 Å². The van der Waals surface area contributed by atoms with Crippen molar-refractivity contribution in [2.24, 2.45) is 0 Å². The lowest BCUT2D eigenvalue weighted by Gasteiger charge is -2.19. The second-order valence-electron chi connectivity index (χ2n) is 4.31. The summed E-state index contributed by atoms with van der Waals surface area (Å²) in [6, 6.07) is 3.00. The van der Waals surface area contributed by atoms with Gasteiger partial charge in [0.15, 0.2) is 14.9 Å². The minimum absolute atomic E-state index is 0.0106. The molecule has 2 N–H and O–H groups in total. The summed E-state index contributed by atoms with van der Waals surface area (Å²) < 4.78 is 48.8. The summed E-state index contributed by atoms with van der Waals surface area (Å²) in [5, 5.41) is -0.214. The highest BCUT2D eigenvalue weighted by molar-refractivity contribution is 7.91. The SMILES string of the molecule is Nc1cccnc1S(=O)(=O)N1CCCS(=O)(=O)CC1. The quantitative estimate of drug-likeness (QED) is 0.786. The average molecular weight is 305 g/mol. The van der Waals surface area contributed by atoms with Crippen molar-refractivity contribution in [3.8, 4) is 0 Å². The molecule has 0 unspecified atom stereocenters. The second-order valence-corrected chi connectivity index (χ2v) is 8.46. The number of aromatic nitrogens is 1. The van der Waals surface area contributed by atoms with E-state index in [1.807, 2.05) is 0 Å². The van der Waals surface area contributed by atoms with Gasteiger partial charge in [0, 0.05) is 19.3 Å². The molecule has 19 heavy (non-hydrogen) atoms. The largest absolute Gasteiger partial charge is 0.396 e. The number of hydrogen-bond acceptors (Lipinski definition) is 6. The molecular weight excluding hydrogens is 290 g/mol. The van der Waals surface area contributed by atoms with E-state index in [9.17, 15) is 16.8 Å². The molecule has 0 atom stereocenters. The maximum absolute atomic E-state index is 12.4. The summed E-state index contributed by atoms with van der Waals surface area (Å²) in [4.78, 5) is 3.79. The average Bonchev–Trinajstić information content (AvgIpc) is 2.51. The molecule has 1 saturated heterocycles. The van der Waals surface area contributed by atoms with Gasteiger partial charge in [-0.2, -0.15) is 4.31 Å². The Labute approximate surface area is 112 Å². The van der Waals surface area contributed by atoms with Gasteiger partial charge in [-0.25, -0.2) is 21.8 Å². The first kappa shape index (κ1) is 14.2. The molecule has 1 aliphatic heterocycles. The van der Waals surface area contributed by atoms with E-state index in [1.54, 1.807) is 6.07 Å². The first-order valence-corrected chi connectivity index (χ1v) is 9.00. The van der Waals surface area contributed by atoms with Crippen LogP contribution in [0.15, 0.2) is 23.4 Å². The first-order chi connectivity index (χ1) is 8.83. The highest BCUT2D eigenvalue weighted by Gasteiger charge is 2.31. The smallest absolute Gasteiger partial charge is 0.262 e. The third kappa shape index (κ3) is 3.04. The number of hydrogen-bond donors (Lipinski definition) is 1. The molecule has 9 heteroatoms. The van der Waals surface area contributed by atoms with E-state index in [2.05, 4.69) is 4.98 Å². The first-order valence-electron chi connectivity index (χ1n) is 5.74. The third-order valence-corrected chi connectivity index (χ3v) is 6.49. The Morgan fingerprint density at radius 1 is 1.26 bits per heavy atom. The number of nitrogens with two attached hydrogens (primary N) is 1. The summed E-state index contributed by atoms with van der Waals surface area (Å²) >= 11 is 0. The van der Waals surface area contributed by atoms with Crippen LogP contribution in [0.25, 0.3) is 0 Å². The van der Waals surface area contributed by atoms with Gasteiger partial charge in [0.25, 0.3) is 10.0 Å². The number of sulfone groups is 1. The zero-order valence-electron chi connectivity index (χ0n) is 10.2. The van der Waals surface area contributed by atoms with Gasteiger partial charge >= 0.3 is 0 Å². The molecule has 0 amide bonds. The molecule has 1 aromatic heterocycles. The number of sulfonamides is 1. The predicted octanol–water partition coefficient (Wildman–Crippen LogP) is -0.527. The lowest BCUT2D eigenvalue weighted by molar-refractivity contribution is 0.433. The van der Waals surface area contributed by atoms with Gasteiger partial charge in [-0.05, 0) is 18.6 Å². The second kappa shape index (κ2) is 5.06. The minimum Gasteiger partial charge on any atom is -0.396 e. The molecule has 0 aliphatic carbocycles. The fourth-order valence-electron chi connectivity index (χ4n) is 1.90. The van der Waals surface area contributed by atoms with Crippen LogP contribution in [0.3, 0.4) is 0 Å². The van der Waals surface area contributed by atoms with Crippen LogP contribution >= 0.6 is 0 Å². The number of nitrogen functional groups attached to an aromatic ring is 1. The maximum atomic E-state index is 12.4. The highest BCUT2D eigenvalue weighted by Crippen LogP contribution is 2.20. The number of rotatable bonds is 2. The van der Waals surface area contributed by atoms with Crippen LogP contribution in [0.2, 0.25) is 0 Å². The molecule has 2 heterocycles. The summed E-state index contributed by atoms with van der Waals surface area (Å²) in [7, 11) is -7.00. The van der Waals surface area contributed by atoms with Crippen molar-refractivity contribution in [3.05, 3.63) is 18.3 Å². The van der Waals surface area contributed by atoms with Crippen LogP contribution in [-0.2, 0) is 19.9 Å². The van der Waals surface area contributed by atoms with E-state index >= 15 is 0 Å². The van der Waals surface area contributed by atoms with Crippen LogP contribution in [0.4, 0.5) is 5.69 Å². The molecule has 2 rings (SSSR count). The Balaban J connectivity index is 2.33. The standard InChI is InChI=1S/C10H15N3O4S2/c11-9-3-1-4-12-10(9)19(16,17)13-5-2-7-18(14,15)8-6-13/h1,3-4H,2,5-8,11H2. The number of nitrogens with zero attached hydrogens (tertiary/aromatic N) is 2. The summed E-state index contributed by atoms with van der Waals surface area (Å²) in [6.07, 6.45) is 1.63. The van der Waals surface area contributed by atoms with Gasteiger partial charge in [-0.1, -0.05) is 0 Å². The van der Waals surface area contributed by atoms with Gasteiger partial charge < -0.3 is 5.73 Å². The van der Waals surface area contributed by atoms with Crippen LogP contribution in [0.1, 0.15) is 6.42 Å².